The number of nitrogens with zero attached hydrogens (tertiary/aromatic N) is 1. The van der Waals surface area contributed by atoms with E-state index in [0.717, 1.165) is 32.5 Å². The summed E-state index contributed by atoms with van der Waals surface area (Å²) in [7, 11) is 0. The van der Waals surface area contributed by atoms with Gasteiger partial charge in [0.1, 0.15) is 6.10 Å². The van der Waals surface area contributed by atoms with Crippen molar-refractivity contribution in [1.29, 1.82) is 0 Å². The molecule has 1 amide bonds. The summed E-state index contributed by atoms with van der Waals surface area (Å²) in [5, 5.41) is 3.15. The van der Waals surface area contributed by atoms with Gasteiger partial charge in [0.25, 0.3) is 5.91 Å². The first-order chi connectivity index (χ1) is 11.2. The molecule has 0 radical (unpaired) electrons. The molecule has 1 N–H and O–H groups in total. The van der Waals surface area contributed by atoms with Crippen LogP contribution in [0.4, 0.5) is 0 Å². The number of carbonyl (C=O) groups is 1. The fourth-order valence-electron chi connectivity index (χ4n) is 3.33. The number of ether oxygens (including phenoxy) is 2. The fourth-order valence-corrected chi connectivity index (χ4v) is 3.33. The Balaban J connectivity index is 1.54. The minimum absolute atomic E-state index is 0.0335. The van der Waals surface area contributed by atoms with E-state index in [2.05, 4.69) is 17.2 Å². The topological polar surface area (TPSA) is 60.5 Å². The quantitative estimate of drug-likeness (QED) is 0.927. The molecule has 23 heavy (non-hydrogen) atoms. The summed E-state index contributed by atoms with van der Waals surface area (Å²) in [5.41, 5.74) is 0.599. The van der Waals surface area contributed by atoms with Crippen LogP contribution in [-0.4, -0.2) is 36.3 Å². The molecule has 0 aromatic carbocycles. The molecule has 0 spiro atoms. The SMILES string of the molecule is CC1CCCCC1NC(=O)c1ccc(OC2CCOCC2)nc1. The summed E-state index contributed by atoms with van der Waals surface area (Å²) in [6, 6.07) is 3.87. The van der Waals surface area contributed by atoms with Gasteiger partial charge in [-0.05, 0) is 24.8 Å². The molecule has 126 valence electrons. The molecule has 3 rings (SSSR count). The van der Waals surface area contributed by atoms with Gasteiger partial charge in [-0.15, -0.1) is 0 Å². The molecule has 5 heteroatoms. The average Bonchev–Trinajstić information content (AvgIpc) is 2.58. The van der Waals surface area contributed by atoms with Crippen LogP contribution in [0.5, 0.6) is 5.88 Å². The summed E-state index contributed by atoms with van der Waals surface area (Å²) < 4.78 is 11.1. The number of pyridine rings is 1. The second-order valence-electron chi connectivity index (χ2n) is 6.66. The van der Waals surface area contributed by atoms with Gasteiger partial charge in [0, 0.05) is 31.1 Å². The van der Waals surface area contributed by atoms with Gasteiger partial charge in [-0.2, -0.15) is 0 Å². The maximum absolute atomic E-state index is 12.4. The number of carbonyl (C=O) groups excluding carboxylic acids is 1. The number of aromatic nitrogens is 1. The highest BCUT2D eigenvalue weighted by molar-refractivity contribution is 5.94. The summed E-state index contributed by atoms with van der Waals surface area (Å²) >= 11 is 0. The Labute approximate surface area is 137 Å². The van der Waals surface area contributed by atoms with Crippen LogP contribution in [0.3, 0.4) is 0 Å². The van der Waals surface area contributed by atoms with Crippen molar-refractivity contribution in [3.63, 3.8) is 0 Å². The van der Waals surface area contributed by atoms with E-state index < -0.39 is 0 Å². The van der Waals surface area contributed by atoms with Crippen LogP contribution in [0.1, 0.15) is 55.8 Å². The molecule has 1 saturated carbocycles. The van der Waals surface area contributed by atoms with Crippen LogP contribution in [0.25, 0.3) is 0 Å². The molecule has 1 aliphatic heterocycles. The van der Waals surface area contributed by atoms with E-state index in [0.29, 0.717) is 17.4 Å². The highest BCUT2D eigenvalue weighted by Crippen LogP contribution is 2.24. The number of nitrogens with one attached hydrogen (secondary N) is 1. The minimum atomic E-state index is -0.0335. The van der Waals surface area contributed by atoms with E-state index in [4.69, 9.17) is 9.47 Å². The lowest BCUT2D eigenvalue weighted by Gasteiger charge is -2.29. The Hall–Kier alpha value is -1.62. The molecule has 5 nitrogen and oxygen atoms in total. The van der Waals surface area contributed by atoms with Gasteiger partial charge in [0.15, 0.2) is 0 Å². The minimum Gasteiger partial charge on any atom is -0.474 e. The molecule has 2 unspecified atom stereocenters. The number of hydrogen-bond donors (Lipinski definition) is 1. The fraction of sp³-hybridized carbons (Fsp3) is 0.667. The van der Waals surface area contributed by atoms with Gasteiger partial charge in [0.2, 0.25) is 5.88 Å². The lowest BCUT2D eigenvalue weighted by atomic mass is 9.86. The second-order valence-corrected chi connectivity index (χ2v) is 6.66. The monoisotopic (exact) mass is 318 g/mol. The van der Waals surface area contributed by atoms with Crippen molar-refractivity contribution < 1.29 is 14.3 Å². The van der Waals surface area contributed by atoms with Crippen molar-refractivity contribution in [3.05, 3.63) is 23.9 Å². The second kappa shape index (κ2) is 7.77. The normalized spacial score (nSPS) is 25.8. The van der Waals surface area contributed by atoms with Crippen LogP contribution in [0.2, 0.25) is 0 Å². The van der Waals surface area contributed by atoms with Crippen molar-refractivity contribution in [2.75, 3.05) is 13.2 Å². The molecule has 2 atom stereocenters. The first-order valence-electron chi connectivity index (χ1n) is 8.73. The van der Waals surface area contributed by atoms with Crippen LogP contribution in [0.15, 0.2) is 18.3 Å². The zero-order chi connectivity index (χ0) is 16.1. The maximum atomic E-state index is 12.4. The standard InChI is InChI=1S/C18H26N2O3/c1-13-4-2-3-5-16(13)20-18(21)14-6-7-17(19-12-14)23-15-8-10-22-11-9-15/h6-7,12-13,15-16H,2-5,8-11H2,1H3,(H,20,21). The zero-order valence-corrected chi connectivity index (χ0v) is 13.8. The van der Waals surface area contributed by atoms with Crippen molar-refractivity contribution >= 4 is 5.91 Å². The summed E-state index contributed by atoms with van der Waals surface area (Å²) in [6.07, 6.45) is 8.30. The molecular weight excluding hydrogens is 292 g/mol. The highest BCUT2D eigenvalue weighted by atomic mass is 16.5. The van der Waals surface area contributed by atoms with Crippen molar-refractivity contribution in [2.45, 2.75) is 57.6 Å². The van der Waals surface area contributed by atoms with E-state index in [-0.39, 0.29) is 18.1 Å². The third kappa shape index (κ3) is 4.44. The van der Waals surface area contributed by atoms with E-state index in [1.54, 1.807) is 18.3 Å². The third-order valence-electron chi connectivity index (χ3n) is 4.88. The van der Waals surface area contributed by atoms with E-state index in [1.165, 1.54) is 19.3 Å². The number of hydrogen-bond acceptors (Lipinski definition) is 4. The molecule has 1 aromatic heterocycles. The molecule has 1 aliphatic carbocycles. The van der Waals surface area contributed by atoms with Crippen LogP contribution >= 0.6 is 0 Å². The molecule has 2 fully saturated rings. The predicted octanol–water partition coefficient (Wildman–Crippen LogP) is 2.95. The first kappa shape index (κ1) is 16.2. The first-order valence-corrected chi connectivity index (χ1v) is 8.73. The average molecular weight is 318 g/mol. The molecule has 2 heterocycles. The van der Waals surface area contributed by atoms with Gasteiger partial charge in [-0.3, -0.25) is 4.79 Å². The summed E-state index contributed by atoms with van der Waals surface area (Å²) in [4.78, 5) is 16.6. The largest absolute Gasteiger partial charge is 0.474 e. The Morgan fingerprint density at radius 3 is 2.70 bits per heavy atom. The molecule has 1 aromatic rings. The van der Waals surface area contributed by atoms with E-state index in [9.17, 15) is 4.79 Å². The maximum Gasteiger partial charge on any atom is 0.253 e. The van der Waals surface area contributed by atoms with Crippen molar-refractivity contribution in [2.24, 2.45) is 5.92 Å². The molecule has 0 bridgehead atoms. The van der Waals surface area contributed by atoms with Crippen LogP contribution < -0.4 is 10.1 Å². The highest BCUT2D eigenvalue weighted by Gasteiger charge is 2.23. The van der Waals surface area contributed by atoms with Crippen molar-refractivity contribution in [3.8, 4) is 5.88 Å². The van der Waals surface area contributed by atoms with Crippen LogP contribution in [-0.2, 0) is 4.74 Å². The van der Waals surface area contributed by atoms with Gasteiger partial charge in [0.05, 0.1) is 18.8 Å². The lowest BCUT2D eigenvalue weighted by Crippen LogP contribution is -2.41. The number of rotatable bonds is 4. The Morgan fingerprint density at radius 2 is 2.00 bits per heavy atom. The van der Waals surface area contributed by atoms with Gasteiger partial charge in [-0.1, -0.05) is 19.8 Å². The predicted molar refractivity (Wildman–Crippen MR) is 87.6 cm³/mol. The summed E-state index contributed by atoms with van der Waals surface area (Å²) in [6.45, 7) is 3.70. The van der Waals surface area contributed by atoms with E-state index >= 15 is 0 Å². The Kier molecular flexibility index (Phi) is 5.49. The van der Waals surface area contributed by atoms with E-state index in [1.807, 2.05) is 0 Å². The Bertz CT molecular complexity index is 512. The van der Waals surface area contributed by atoms with Gasteiger partial charge >= 0.3 is 0 Å². The lowest BCUT2D eigenvalue weighted by molar-refractivity contribution is 0.0237. The third-order valence-corrected chi connectivity index (χ3v) is 4.88. The number of amides is 1. The molecule has 1 saturated heterocycles. The van der Waals surface area contributed by atoms with Crippen LogP contribution in [0, 0.1) is 5.92 Å². The summed E-state index contributed by atoms with van der Waals surface area (Å²) in [5.74, 6) is 1.10. The zero-order valence-electron chi connectivity index (χ0n) is 13.8. The smallest absolute Gasteiger partial charge is 0.253 e. The molecular formula is C18H26N2O3. The van der Waals surface area contributed by atoms with Gasteiger partial charge < -0.3 is 14.8 Å². The van der Waals surface area contributed by atoms with Gasteiger partial charge in [-0.25, -0.2) is 4.98 Å². The Morgan fingerprint density at radius 1 is 1.22 bits per heavy atom. The van der Waals surface area contributed by atoms with Crippen molar-refractivity contribution in [1.82, 2.24) is 10.3 Å². The molecule has 2 aliphatic rings.